The molecule has 4 aromatic rings. The predicted octanol–water partition coefficient (Wildman–Crippen LogP) is 3.54. The van der Waals surface area contributed by atoms with Gasteiger partial charge in [-0.3, -0.25) is 9.59 Å². The van der Waals surface area contributed by atoms with Crippen molar-refractivity contribution >= 4 is 60.6 Å². The number of benzene rings is 1. The minimum absolute atomic E-state index is 0.122. The number of carboxylic acid groups (broad SMARTS) is 1. The van der Waals surface area contributed by atoms with Crippen LogP contribution in [-0.4, -0.2) is 33.1 Å². The maximum Gasteiger partial charge on any atom is 0.306 e. The Morgan fingerprint density at radius 3 is 3.00 bits per heavy atom. The molecule has 0 saturated carbocycles. The molecule has 0 aliphatic heterocycles. The number of nitrogens with one attached hydrogen (secondary N) is 2. The zero-order chi connectivity index (χ0) is 20.1. The first-order valence-electron chi connectivity index (χ1n) is 8.99. The predicted molar refractivity (Wildman–Crippen MR) is 113 cm³/mol. The number of thiazole rings is 1. The van der Waals surface area contributed by atoms with Crippen LogP contribution < -0.4 is 14.9 Å². The van der Waals surface area contributed by atoms with Gasteiger partial charge in [0.15, 0.2) is 0 Å². The van der Waals surface area contributed by atoms with E-state index < -0.39 is 5.97 Å². The summed E-state index contributed by atoms with van der Waals surface area (Å²) < 4.78 is 6.32. The number of ether oxygens (including phenoxy) is 1. The van der Waals surface area contributed by atoms with Gasteiger partial charge in [-0.1, -0.05) is 11.3 Å². The summed E-state index contributed by atoms with van der Waals surface area (Å²) >= 11 is 2.67. The standard InChI is InChI=1S/C19H16N4O4S2/c1-27-12-5-11-14(29-19(26)23-11)6-10(12)22-16-15-9-3-2-8(18(24)25)4-13(9)28-17(15)21-7-20-16/h5-8H,2-4H2,1H3,(H,23,26)(H,24,25)(H,20,21,22)/t8-/m1/s1. The van der Waals surface area contributed by atoms with Crippen LogP contribution >= 0.6 is 22.7 Å². The Balaban J connectivity index is 1.60. The van der Waals surface area contributed by atoms with E-state index in [1.54, 1.807) is 13.2 Å². The van der Waals surface area contributed by atoms with Gasteiger partial charge < -0.3 is 20.1 Å². The van der Waals surface area contributed by atoms with Crippen LogP contribution in [-0.2, 0) is 17.6 Å². The smallest absolute Gasteiger partial charge is 0.306 e. The van der Waals surface area contributed by atoms with Crippen LogP contribution in [0.15, 0.2) is 23.3 Å². The van der Waals surface area contributed by atoms with Gasteiger partial charge >= 0.3 is 10.8 Å². The number of aliphatic carboxylic acids is 1. The van der Waals surface area contributed by atoms with Gasteiger partial charge in [0.05, 0.1) is 34.3 Å². The number of nitrogens with zero attached hydrogens (tertiary/aromatic N) is 2. The second-order valence-electron chi connectivity index (χ2n) is 6.87. The van der Waals surface area contributed by atoms with E-state index in [4.69, 9.17) is 4.74 Å². The lowest BCUT2D eigenvalue weighted by Crippen LogP contribution is -2.21. The van der Waals surface area contributed by atoms with E-state index in [2.05, 4.69) is 20.3 Å². The maximum atomic E-state index is 11.7. The highest BCUT2D eigenvalue weighted by atomic mass is 32.1. The Morgan fingerprint density at radius 1 is 1.34 bits per heavy atom. The molecular weight excluding hydrogens is 412 g/mol. The average Bonchev–Trinajstić information content (AvgIpc) is 3.25. The molecule has 8 nitrogen and oxygen atoms in total. The van der Waals surface area contributed by atoms with Crippen molar-refractivity contribution in [3.8, 4) is 5.75 Å². The van der Waals surface area contributed by atoms with Gasteiger partial charge in [-0.15, -0.1) is 11.3 Å². The molecule has 0 bridgehead atoms. The SMILES string of the molecule is COc1cc2[nH]c(=O)sc2cc1Nc1ncnc2sc3c(c12)CC[C@@H](C(=O)O)C3. The minimum atomic E-state index is -0.749. The number of thiophene rings is 1. The van der Waals surface area contributed by atoms with Crippen molar-refractivity contribution < 1.29 is 14.6 Å². The number of carboxylic acids is 1. The highest BCUT2D eigenvalue weighted by Gasteiger charge is 2.29. The molecule has 0 spiro atoms. The summed E-state index contributed by atoms with van der Waals surface area (Å²) in [5, 5.41) is 13.6. The molecule has 5 rings (SSSR count). The van der Waals surface area contributed by atoms with Crippen molar-refractivity contribution in [3.05, 3.63) is 38.6 Å². The van der Waals surface area contributed by atoms with Crippen LogP contribution in [0.2, 0.25) is 0 Å². The number of hydrogen-bond donors (Lipinski definition) is 3. The lowest BCUT2D eigenvalue weighted by atomic mass is 9.88. The number of carbonyl (C=O) groups is 1. The lowest BCUT2D eigenvalue weighted by molar-refractivity contribution is -0.142. The van der Waals surface area contributed by atoms with E-state index in [1.165, 1.54) is 17.7 Å². The van der Waals surface area contributed by atoms with Crippen molar-refractivity contribution in [1.82, 2.24) is 15.0 Å². The largest absolute Gasteiger partial charge is 0.494 e. The molecule has 0 amide bonds. The molecule has 1 aromatic carbocycles. The summed E-state index contributed by atoms with van der Waals surface area (Å²) in [5.41, 5.74) is 2.55. The molecule has 0 radical (unpaired) electrons. The summed E-state index contributed by atoms with van der Waals surface area (Å²) in [6, 6.07) is 3.65. The zero-order valence-corrected chi connectivity index (χ0v) is 16.9. The fourth-order valence-corrected chi connectivity index (χ4v) is 5.81. The first-order valence-corrected chi connectivity index (χ1v) is 10.6. The van der Waals surface area contributed by atoms with Crippen molar-refractivity contribution in [2.45, 2.75) is 19.3 Å². The molecule has 1 aliphatic carbocycles. The second kappa shape index (κ2) is 6.82. The summed E-state index contributed by atoms with van der Waals surface area (Å²) in [7, 11) is 1.57. The Bertz CT molecular complexity index is 1320. The van der Waals surface area contributed by atoms with Crippen LogP contribution in [0.5, 0.6) is 5.75 Å². The van der Waals surface area contributed by atoms with E-state index in [1.807, 2.05) is 6.07 Å². The highest BCUT2D eigenvalue weighted by molar-refractivity contribution is 7.19. The molecule has 3 heterocycles. The normalized spacial score (nSPS) is 16.1. The van der Waals surface area contributed by atoms with E-state index in [9.17, 15) is 14.7 Å². The van der Waals surface area contributed by atoms with Gasteiger partial charge in [-0.25, -0.2) is 9.97 Å². The Hall–Kier alpha value is -2.98. The fourth-order valence-electron chi connectivity index (χ4n) is 3.79. The number of methoxy groups -OCH3 is 1. The Morgan fingerprint density at radius 2 is 2.21 bits per heavy atom. The lowest BCUT2D eigenvalue weighted by Gasteiger charge is -2.19. The van der Waals surface area contributed by atoms with Crippen molar-refractivity contribution in [2.24, 2.45) is 5.92 Å². The van der Waals surface area contributed by atoms with Crippen LogP contribution in [0.3, 0.4) is 0 Å². The van der Waals surface area contributed by atoms with Gasteiger partial charge in [0.2, 0.25) is 0 Å². The third-order valence-corrected chi connectivity index (χ3v) is 7.20. The molecular formula is C19H16N4O4S2. The number of fused-ring (bicyclic) bond motifs is 4. The molecule has 148 valence electrons. The zero-order valence-electron chi connectivity index (χ0n) is 15.3. The highest BCUT2D eigenvalue weighted by Crippen LogP contribution is 2.41. The summed E-state index contributed by atoms with van der Waals surface area (Å²) in [4.78, 5) is 36.5. The summed E-state index contributed by atoms with van der Waals surface area (Å²) in [5.74, 6) is 0.148. The van der Waals surface area contributed by atoms with Crippen molar-refractivity contribution in [1.29, 1.82) is 0 Å². The van der Waals surface area contributed by atoms with Gasteiger partial charge in [-0.05, 0) is 30.9 Å². The quantitative estimate of drug-likeness (QED) is 0.455. The number of hydrogen-bond acceptors (Lipinski definition) is 8. The van der Waals surface area contributed by atoms with Gasteiger partial charge in [0, 0.05) is 10.9 Å². The minimum Gasteiger partial charge on any atom is -0.494 e. The summed E-state index contributed by atoms with van der Waals surface area (Å²) in [6.45, 7) is 0. The molecule has 3 N–H and O–H groups in total. The monoisotopic (exact) mass is 428 g/mol. The maximum absolute atomic E-state index is 11.7. The van der Waals surface area contributed by atoms with E-state index in [0.29, 0.717) is 36.5 Å². The van der Waals surface area contributed by atoms with Crippen LogP contribution in [0.1, 0.15) is 16.9 Å². The first-order chi connectivity index (χ1) is 14.0. The fraction of sp³-hybridized carbons (Fsp3) is 0.263. The molecule has 1 atom stereocenters. The number of aryl methyl sites for hydroxylation is 1. The topological polar surface area (TPSA) is 117 Å². The van der Waals surface area contributed by atoms with Gasteiger partial charge in [0.1, 0.15) is 22.7 Å². The third kappa shape index (κ3) is 3.04. The molecule has 1 aliphatic rings. The van der Waals surface area contributed by atoms with Crippen LogP contribution in [0.25, 0.3) is 20.4 Å². The average molecular weight is 428 g/mol. The van der Waals surface area contributed by atoms with Crippen molar-refractivity contribution in [2.75, 3.05) is 12.4 Å². The third-order valence-electron chi connectivity index (χ3n) is 5.19. The second-order valence-corrected chi connectivity index (χ2v) is 8.97. The van der Waals surface area contributed by atoms with Gasteiger partial charge in [-0.2, -0.15) is 0 Å². The Kier molecular flexibility index (Phi) is 4.25. The summed E-state index contributed by atoms with van der Waals surface area (Å²) in [6.07, 6.45) is 3.32. The Labute approximate surface area is 172 Å². The molecule has 0 saturated heterocycles. The molecule has 0 unspecified atom stereocenters. The number of aromatic amines is 1. The van der Waals surface area contributed by atoms with Crippen LogP contribution in [0.4, 0.5) is 11.5 Å². The molecule has 29 heavy (non-hydrogen) atoms. The first kappa shape index (κ1) is 18.1. The number of anilines is 2. The van der Waals surface area contributed by atoms with Crippen LogP contribution in [0, 0.1) is 5.92 Å². The molecule has 3 aromatic heterocycles. The van der Waals surface area contributed by atoms with Gasteiger partial charge in [0.25, 0.3) is 0 Å². The van der Waals surface area contributed by atoms with E-state index in [0.717, 1.165) is 42.2 Å². The van der Waals surface area contributed by atoms with Crippen molar-refractivity contribution in [3.63, 3.8) is 0 Å². The van der Waals surface area contributed by atoms with E-state index >= 15 is 0 Å². The molecule has 0 fully saturated rings. The number of rotatable bonds is 4. The molecule has 10 heteroatoms. The number of H-pyrrole nitrogens is 1. The van der Waals surface area contributed by atoms with E-state index in [-0.39, 0.29) is 10.8 Å². The number of aromatic nitrogens is 3.